The highest BCUT2D eigenvalue weighted by molar-refractivity contribution is 6.17. The summed E-state index contributed by atoms with van der Waals surface area (Å²) in [5.74, 6) is -0.256. The minimum absolute atomic E-state index is 0.236. The van der Waals surface area contributed by atoms with Crippen LogP contribution in [0.25, 0.3) is 0 Å². The molecular weight excluding hydrogens is 194 g/mol. The number of nitrogens with two attached hydrogens (primary N) is 1. The summed E-state index contributed by atoms with van der Waals surface area (Å²) in [5, 5.41) is 0. The third-order valence-electron chi connectivity index (χ3n) is 2.33. The van der Waals surface area contributed by atoms with Crippen molar-refractivity contribution in [3.8, 4) is 0 Å². The third kappa shape index (κ3) is 1.73. The molecule has 0 saturated carbocycles. The molecule has 0 bridgehead atoms. The molecule has 1 atom stereocenters. The molecule has 15 heavy (non-hydrogen) atoms. The van der Waals surface area contributed by atoms with Gasteiger partial charge in [-0.25, -0.2) is 9.88 Å². The highest BCUT2D eigenvalue weighted by atomic mass is 16.2. The molecule has 2 amide bonds. The monoisotopic (exact) mass is 205 g/mol. The Morgan fingerprint density at radius 3 is 2.87 bits per heavy atom. The van der Waals surface area contributed by atoms with Crippen LogP contribution in [0.3, 0.4) is 0 Å². The summed E-state index contributed by atoms with van der Waals surface area (Å²) in [7, 11) is 0. The summed E-state index contributed by atoms with van der Waals surface area (Å²) in [5.41, 5.74) is 5.60. The van der Waals surface area contributed by atoms with E-state index in [1.54, 1.807) is 18.2 Å². The number of imide groups is 1. The molecule has 2 rings (SSSR count). The SMILES string of the molecule is N[C@H]1CCC(=O)N(c2ccccn2)C1=O. The first-order valence-electron chi connectivity index (χ1n) is 4.73. The summed E-state index contributed by atoms with van der Waals surface area (Å²) in [6, 6.07) is 4.48. The molecule has 5 nitrogen and oxygen atoms in total. The van der Waals surface area contributed by atoms with Gasteiger partial charge in [0.15, 0.2) is 0 Å². The molecule has 2 N–H and O–H groups in total. The molecule has 1 aromatic rings. The number of anilines is 1. The van der Waals surface area contributed by atoms with Gasteiger partial charge in [-0.3, -0.25) is 9.59 Å². The molecule has 0 aromatic carbocycles. The van der Waals surface area contributed by atoms with Crippen LogP contribution in [0.2, 0.25) is 0 Å². The van der Waals surface area contributed by atoms with Crippen LogP contribution >= 0.6 is 0 Å². The molecule has 1 fully saturated rings. The average Bonchev–Trinajstić information content (AvgIpc) is 2.26. The smallest absolute Gasteiger partial charge is 0.251 e. The van der Waals surface area contributed by atoms with Gasteiger partial charge in [-0.05, 0) is 18.6 Å². The number of nitrogens with zero attached hydrogens (tertiary/aromatic N) is 2. The number of aromatic nitrogens is 1. The van der Waals surface area contributed by atoms with E-state index in [1.165, 1.54) is 6.20 Å². The Kier molecular flexibility index (Phi) is 2.47. The number of rotatable bonds is 1. The zero-order valence-electron chi connectivity index (χ0n) is 8.09. The van der Waals surface area contributed by atoms with E-state index in [-0.39, 0.29) is 11.8 Å². The van der Waals surface area contributed by atoms with Gasteiger partial charge < -0.3 is 5.73 Å². The standard InChI is InChI=1S/C10H11N3O2/c11-7-4-5-9(14)13(10(7)15)8-3-1-2-6-12-8/h1-3,6-7H,4-5,11H2/t7-/m0/s1. The number of amides is 2. The van der Waals surface area contributed by atoms with Crippen LogP contribution in [-0.4, -0.2) is 22.8 Å². The van der Waals surface area contributed by atoms with Gasteiger partial charge in [0.25, 0.3) is 5.91 Å². The van der Waals surface area contributed by atoms with Crippen molar-refractivity contribution in [1.29, 1.82) is 0 Å². The van der Waals surface area contributed by atoms with Crippen LogP contribution < -0.4 is 10.6 Å². The van der Waals surface area contributed by atoms with E-state index in [2.05, 4.69) is 4.98 Å². The molecule has 1 aliphatic rings. The maximum atomic E-state index is 11.7. The van der Waals surface area contributed by atoms with Crippen LogP contribution in [0.15, 0.2) is 24.4 Å². The van der Waals surface area contributed by atoms with Gasteiger partial charge in [0.2, 0.25) is 5.91 Å². The van der Waals surface area contributed by atoms with Crippen molar-refractivity contribution in [3.05, 3.63) is 24.4 Å². The van der Waals surface area contributed by atoms with Crippen LogP contribution in [-0.2, 0) is 9.59 Å². The number of carbonyl (C=O) groups excluding carboxylic acids is 2. The highest BCUT2D eigenvalue weighted by Gasteiger charge is 2.33. The van der Waals surface area contributed by atoms with E-state index in [4.69, 9.17) is 5.73 Å². The van der Waals surface area contributed by atoms with Gasteiger partial charge in [-0.1, -0.05) is 6.07 Å². The van der Waals surface area contributed by atoms with E-state index in [1.807, 2.05) is 0 Å². The van der Waals surface area contributed by atoms with Crippen LogP contribution in [0.4, 0.5) is 5.82 Å². The summed E-state index contributed by atoms with van der Waals surface area (Å²) in [6.07, 6.45) is 2.25. The fourth-order valence-electron chi connectivity index (χ4n) is 1.53. The maximum absolute atomic E-state index is 11.7. The topological polar surface area (TPSA) is 76.3 Å². The highest BCUT2D eigenvalue weighted by Crippen LogP contribution is 2.18. The van der Waals surface area contributed by atoms with E-state index in [0.717, 1.165) is 4.90 Å². The number of pyridine rings is 1. The minimum Gasteiger partial charge on any atom is -0.320 e. The van der Waals surface area contributed by atoms with Gasteiger partial charge in [-0.15, -0.1) is 0 Å². The largest absolute Gasteiger partial charge is 0.320 e. The van der Waals surface area contributed by atoms with Gasteiger partial charge >= 0.3 is 0 Å². The second-order valence-corrected chi connectivity index (χ2v) is 3.40. The van der Waals surface area contributed by atoms with Crippen LogP contribution in [0.1, 0.15) is 12.8 Å². The Bertz CT molecular complexity index is 391. The molecule has 0 unspecified atom stereocenters. The molecule has 0 radical (unpaired) electrons. The molecule has 1 saturated heterocycles. The number of carbonyl (C=O) groups is 2. The lowest BCUT2D eigenvalue weighted by atomic mass is 10.1. The Balaban J connectivity index is 2.34. The fraction of sp³-hybridized carbons (Fsp3) is 0.300. The zero-order chi connectivity index (χ0) is 10.8. The lowest BCUT2D eigenvalue weighted by Gasteiger charge is -2.27. The van der Waals surface area contributed by atoms with E-state index >= 15 is 0 Å². The van der Waals surface area contributed by atoms with Gasteiger partial charge in [0.1, 0.15) is 5.82 Å². The average molecular weight is 205 g/mol. The summed E-state index contributed by atoms with van der Waals surface area (Å²) >= 11 is 0. The second kappa shape index (κ2) is 3.78. The zero-order valence-corrected chi connectivity index (χ0v) is 8.09. The Hall–Kier alpha value is -1.75. The Labute approximate surface area is 86.9 Å². The first kappa shape index (κ1) is 9.79. The van der Waals surface area contributed by atoms with Gasteiger partial charge in [0, 0.05) is 12.6 Å². The lowest BCUT2D eigenvalue weighted by Crippen LogP contribution is -2.51. The Morgan fingerprint density at radius 1 is 1.40 bits per heavy atom. The van der Waals surface area contributed by atoms with Crippen LogP contribution in [0, 0.1) is 0 Å². The predicted molar refractivity (Wildman–Crippen MR) is 53.9 cm³/mol. The first-order valence-corrected chi connectivity index (χ1v) is 4.73. The predicted octanol–water partition coefficient (Wildman–Crippen LogP) is 0.0623. The minimum atomic E-state index is -0.593. The summed E-state index contributed by atoms with van der Waals surface area (Å²) in [4.78, 5) is 28.3. The molecule has 5 heteroatoms. The molecule has 0 spiro atoms. The normalized spacial score (nSPS) is 21.9. The Morgan fingerprint density at radius 2 is 2.20 bits per heavy atom. The van der Waals surface area contributed by atoms with E-state index < -0.39 is 6.04 Å². The summed E-state index contributed by atoms with van der Waals surface area (Å²) < 4.78 is 0. The summed E-state index contributed by atoms with van der Waals surface area (Å²) in [6.45, 7) is 0. The molecule has 1 aromatic heterocycles. The van der Waals surface area contributed by atoms with Crippen molar-refractivity contribution in [2.75, 3.05) is 4.90 Å². The number of hydrogen-bond donors (Lipinski definition) is 1. The lowest BCUT2D eigenvalue weighted by molar-refractivity contribution is -0.130. The molecule has 0 aliphatic carbocycles. The van der Waals surface area contributed by atoms with Crippen molar-refractivity contribution in [1.82, 2.24) is 4.98 Å². The van der Waals surface area contributed by atoms with E-state index in [9.17, 15) is 9.59 Å². The number of hydrogen-bond acceptors (Lipinski definition) is 4. The second-order valence-electron chi connectivity index (χ2n) is 3.40. The first-order chi connectivity index (χ1) is 7.20. The fourth-order valence-corrected chi connectivity index (χ4v) is 1.53. The van der Waals surface area contributed by atoms with Gasteiger partial charge in [-0.2, -0.15) is 0 Å². The molecule has 2 heterocycles. The van der Waals surface area contributed by atoms with Crippen molar-refractivity contribution in [2.24, 2.45) is 5.73 Å². The van der Waals surface area contributed by atoms with Crippen molar-refractivity contribution < 1.29 is 9.59 Å². The number of piperidine rings is 1. The molecule has 1 aliphatic heterocycles. The maximum Gasteiger partial charge on any atom is 0.251 e. The van der Waals surface area contributed by atoms with Crippen LogP contribution in [0.5, 0.6) is 0 Å². The molecular formula is C10H11N3O2. The van der Waals surface area contributed by atoms with Crippen molar-refractivity contribution >= 4 is 17.6 Å². The van der Waals surface area contributed by atoms with Crippen molar-refractivity contribution in [3.63, 3.8) is 0 Å². The van der Waals surface area contributed by atoms with Gasteiger partial charge in [0.05, 0.1) is 6.04 Å². The molecule has 78 valence electrons. The van der Waals surface area contributed by atoms with Crippen molar-refractivity contribution in [2.45, 2.75) is 18.9 Å². The quantitative estimate of drug-likeness (QED) is 0.658. The van der Waals surface area contributed by atoms with E-state index in [0.29, 0.717) is 18.7 Å². The third-order valence-corrected chi connectivity index (χ3v) is 2.33.